The van der Waals surface area contributed by atoms with E-state index in [0.29, 0.717) is 13.0 Å². The van der Waals surface area contributed by atoms with Crippen LogP contribution in [0.2, 0.25) is 0 Å². The Labute approximate surface area is 127 Å². The first-order chi connectivity index (χ1) is 10.2. The molecule has 1 aliphatic rings. The molecular formula is C18H27NO2. The van der Waals surface area contributed by atoms with Gasteiger partial charge in [0.05, 0.1) is 5.60 Å². The van der Waals surface area contributed by atoms with E-state index in [4.69, 9.17) is 0 Å². The fraction of sp³-hybridized carbons (Fsp3) is 0.611. The zero-order valence-corrected chi connectivity index (χ0v) is 12.8. The molecule has 0 unspecified atom stereocenters. The van der Waals surface area contributed by atoms with Crippen molar-refractivity contribution < 1.29 is 9.90 Å². The molecule has 0 saturated heterocycles. The molecule has 0 aromatic heterocycles. The van der Waals surface area contributed by atoms with E-state index in [1.165, 1.54) is 18.4 Å². The lowest BCUT2D eigenvalue weighted by atomic mass is 9.94. The SMILES string of the molecule is O=C(CCCc1ccccc1)NCC1(O)CCCCCC1. The average Bonchev–Trinajstić information content (AvgIpc) is 2.72. The Morgan fingerprint density at radius 3 is 2.43 bits per heavy atom. The molecule has 0 radical (unpaired) electrons. The van der Waals surface area contributed by atoms with E-state index in [2.05, 4.69) is 17.4 Å². The fourth-order valence-electron chi connectivity index (χ4n) is 3.01. The van der Waals surface area contributed by atoms with E-state index < -0.39 is 5.60 Å². The van der Waals surface area contributed by atoms with Gasteiger partial charge in [0.1, 0.15) is 0 Å². The number of hydrogen-bond donors (Lipinski definition) is 2. The Morgan fingerprint density at radius 1 is 1.10 bits per heavy atom. The summed E-state index contributed by atoms with van der Waals surface area (Å²) >= 11 is 0. The van der Waals surface area contributed by atoms with E-state index in [-0.39, 0.29) is 5.91 Å². The predicted molar refractivity (Wildman–Crippen MR) is 85.0 cm³/mol. The minimum atomic E-state index is -0.675. The predicted octanol–water partition coefficient (Wildman–Crippen LogP) is 3.21. The minimum Gasteiger partial charge on any atom is -0.388 e. The van der Waals surface area contributed by atoms with Crippen LogP contribution in [-0.2, 0) is 11.2 Å². The number of rotatable bonds is 6. The molecule has 1 amide bonds. The molecule has 1 aliphatic carbocycles. The Hall–Kier alpha value is -1.35. The van der Waals surface area contributed by atoms with Crippen molar-refractivity contribution in [2.24, 2.45) is 0 Å². The van der Waals surface area contributed by atoms with Crippen LogP contribution in [0.15, 0.2) is 30.3 Å². The van der Waals surface area contributed by atoms with Gasteiger partial charge in [-0.2, -0.15) is 0 Å². The van der Waals surface area contributed by atoms with Gasteiger partial charge in [-0.1, -0.05) is 56.0 Å². The first-order valence-electron chi connectivity index (χ1n) is 8.21. The lowest BCUT2D eigenvalue weighted by Gasteiger charge is -2.26. The smallest absolute Gasteiger partial charge is 0.220 e. The van der Waals surface area contributed by atoms with Gasteiger partial charge in [0.25, 0.3) is 0 Å². The van der Waals surface area contributed by atoms with E-state index in [1.54, 1.807) is 0 Å². The second-order valence-corrected chi connectivity index (χ2v) is 6.25. The molecule has 2 N–H and O–H groups in total. The summed E-state index contributed by atoms with van der Waals surface area (Å²) in [6.45, 7) is 0.414. The van der Waals surface area contributed by atoms with Gasteiger partial charge in [0.15, 0.2) is 0 Å². The van der Waals surface area contributed by atoms with E-state index >= 15 is 0 Å². The molecule has 116 valence electrons. The number of aryl methyl sites for hydroxylation is 1. The molecule has 21 heavy (non-hydrogen) atoms. The molecule has 1 fully saturated rings. The lowest BCUT2D eigenvalue weighted by Crippen LogP contribution is -2.42. The molecule has 3 heteroatoms. The van der Waals surface area contributed by atoms with Gasteiger partial charge in [-0.05, 0) is 31.2 Å². The topological polar surface area (TPSA) is 49.3 Å². The first-order valence-corrected chi connectivity index (χ1v) is 8.21. The molecule has 1 saturated carbocycles. The third-order valence-corrected chi connectivity index (χ3v) is 4.36. The maximum absolute atomic E-state index is 11.9. The highest BCUT2D eigenvalue weighted by atomic mass is 16.3. The van der Waals surface area contributed by atoms with Gasteiger partial charge in [-0.15, -0.1) is 0 Å². The number of carbonyl (C=O) groups excluding carboxylic acids is 1. The molecule has 2 rings (SSSR count). The molecule has 0 atom stereocenters. The van der Waals surface area contributed by atoms with E-state index in [1.807, 2.05) is 18.2 Å². The molecule has 1 aromatic carbocycles. The van der Waals surface area contributed by atoms with Crippen LogP contribution in [-0.4, -0.2) is 23.2 Å². The molecule has 0 bridgehead atoms. The highest BCUT2D eigenvalue weighted by Gasteiger charge is 2.28. The zero-order valence-electron chi connectivity index (χ0n) is 12.8. The molecule has 0 aliphatic heterocycles. The maximum atomic E-state index is 11.9. The van der Waals surface area contributed by atoms with Crippen LogP contribution in [0.5, 0.6) is 0 Å². The number of carbonyl (C=O) groups is 1. The summed E-state index contributed by atoms with van der Waals surface area (Å²) in [6.07, 6.45) is 8.49. The number of amides is 1. The zero-order chi connectivity index (χ0) is 15.0. The summed E-state index contributed by atoms with van der Waals surface area (Å²) in [5.74, 6) is 0.0589. The van der Waals surface area contributed by atoms with Crippen LogP contribution in [0, 0.1) is 0 Å². The van der Waals surface area contributed by atoms with E-state index in [0.717, 1.165) is 38.5 Å². The van der Waals surface area contributed by atoms with Crippen molar-refractivity contribution in [1.29, 1.82) is 0 Å². The highest BCUT2D eigenvalue weighted by Crippen LogP contribution is 2.26. The average molecular weight is 289 g/mol. The molecule has 1 aromatic rings. The van der Waals surface area contributed by atoms with Crippen molar-refractivity contribution in [3.8, 4) is 0 Å². The normalized spacial score (nSPS) is 18.0. The quantitative estimate of drug-likeness (QED) is 0.790. The molecular weight excluding hydrogens is 262 g/mol. The van der Waals surface area contributed by atoms with Gasteiger partial charge < -0.3 is 10.4 Å². The van der Waals surface area contributed by atoms with Crippen LogP contribution < -0.4 is 5.32 Å². The summed E-state index contributed by atoms with van der Waals surface area (Å²) in [4.78, 5) is 11.9. The van der Waals surface area contributed by atoms with Crippen molar-refractivity contribution in [3.63, 3.8) is 0 Å². The summed E-state index contributed by atoms with van der Waals surface area (Å²) in [6, 6.07) is 10.2. The standard InChI is InChI=1S/C18H27NO2/c20-17(12-8-11-16-9-4-3-5-10-16)19-15-18(21)13-6-1-2-7-14-18/h3-5,9-10,21H,1-2,6-8,11-15H2,(H,19,20). The summed E-state index contributed by atoms with van der Waals surface area (Å²) in [5, 5.41) is 13.4. The monoisotopic (exact) mass is 289 g/mol. The van der Waals surface area contributed by atoms with Crippen molar-refractivity contribution in [2.75, 3.05) is 6.54 Å². The van der Waals surface area contributed by atoms with Gasteiger partial charge in [-0.3, -0.25) is 4.79 Å². The van der Waals surface area contributed by atoms with Crippen LogP contribution in [0.4, 0.5) is 0 Å². The number of hydrogen-bond acceptors (Lipinski definition) is 2. The number of nitrogens with one attached hydrogen (secondary N) is 1. The lowest BCUT2D eigenvalue weighted by molar-refractivity contribution is -0.122. The summed E-state index contributed by atoms with van der Waals surface area (Å²) in [5.41, 5.74) is 0.596. The van der Waals surface area contributed by atoms with Crippen LogP contribution in [0.3, 0.4) is 0 Å². The maximum Gasteiger partial charge on any atom is 0.220 e. The Balaban J connectivity index is 1.65. The van der Waals surface area contributed by atoms with Crippen molar-refractivity contribution in [1.82, 2.24) is 5.32 Å². The van der Waals surface area contributed by atoms with Crippen molar-refractivity contribution >= 4 is 5.91 Å². The second kappa shape index (κ2) is 8.18. The Kier molecular flexibility index (Phi) is 6.24. The summed E-state index contributed by atoms with van der Waals surface area (Å²) in [7, 11) is 0. The molecule has 0 heterocycles. The van der Waals surface area contributed by atoms with Gasteiger partial charge in [-0.25, -0.2) is 0 Å². The second-order valence-electron chi connectivity index (χ2n) is 6.25. The van der Waals surface area contributed by atoms with Crippen LogP contribution in [0.25, 0.3) is 0 Å². The third kappa shape index (κ3) is 5.88. The van der Waals surface area contributed by atoms with Crippen molar-refractivity contribution in [3.05, 3.63) is 35.9 Å². The largest absolute Gasteiger partial charge is 0.388 e. The minimum absolute atomic E-state index is 0.0589. The highest BCUT2D eigenvalue weighted by molar-refractivity contribution is 5.75. The fourth-order valence-corrected chi connectivity index (χ4v) is 3.01. The third-order valence-electron chi connectivity index (χ3n) is 4.36. The van der Waals surface area contributed by atoms with Crippen LogP contribution in [0.1, 0.15) is 56.9 Å². The Morgan fingerprint density at radius 2 is 1.76 bits per heavy atom. The summed E-state index contributed by atoms with van der Waals surface area (Å²) < 4.78 is 0. The van der Waals surface area contributed by atoms with E-state index in [9.17, 15) is 9.90 Å². The Bertz CT molecular complexity index is 422. The van der Waals surface area contributed by atoms with Gasteiger partial charge in [0.2, 0.25) is 5.91 Å². The molecule has 0 spiro atoms. The van der Waals surface area contributed by atoms with Gasteiger partial charge >= 0.3 is 0 Å². The molecule has 3 nitrogen and oxygen atoms in total. The van der Waals surface area contributed by atoms with Gasteiger partial charge in [0, 0.05) is 13.0 Å². The van der Waals surface area contributed by atoms with Crippen molar-refractivity contribution in [2.45, 2.75) is 63.4 Å². The number of aliphatic hydroxyl groups is 1. The first kappa shape index (κ1) is 16.0. The van der Waals surface area contributed by atoms with Crippen LogP contribution >= 0.6 is 0 Å². The number of benzene rings is 1.